The van der Waals surface area contributed by atoms with Crippen LogP contribution in [0.4, 0.5) is 0 Å². The van der Waals surface area contributed by atoms with E-state index in [1.54, 1.807) is 0 Å². The molecule has 0 aromatic heterocycles. The van der Waals surface area contributed by atoms with E-state index in [1.165, 1.54) is 38.6 Å². The van der Waals surface area contributed by atoms with Crippen molar-refractivity contribution in [2.24, 2.45) is 11.7 Å². The number of rotatable bonds is 5. The molecule has 20 heavy (non-hydrogen) atoms. The summed E-state index contributed by atoms with van der Waals surface area (Å²) in [5.41, 5.74) is 5.55. The van der Waals surface area contributed by atoms with Crippen LogP contribution < -0.4 is 11.1 Å². The average molecular weight is 280 g/mol. The molecule has 1 aliphatic carbocycles. The molecule has 3 atom stereocenters. The van der Waals surface area contributed by atoms with Crippen LogP contribution in [-0.4, -0.2) is 67.1 Å². The molecule has 3 unspecified atom stereocenters. The van der Waals surface area contributed by atoms with Gasteiger partial charge in [0.2, 0.25) is 5.91 Å². The lowest BCUT2D eigenvalue weighted by molar-refractivity contribution is -0.120. The maximum absolute atomic E-state index is 11.6. The van der Waals surface area contributed by atoms with Crippen molar-refractivity contribution in [1.82, 2.24) is 15.1 Å². The number of amides is 1. The van der Waals surface area contributed by atoms with E-state index in [2.05, 4.69) is 22.2 Å². The van der Waals surface area contributed by atoms with Gasteiger partial charge < -0.3 is 20.9 Å². The Kier molecular flexibility index (Phi) is 4.29. The van der Waals surface area contributed by atoms with E-state index < -0.39 is 0 Å². The van der Waals surface area contributed by atoms with Crippen molar-refractivity contribution in [2.75, 3.05) is 33.2 Å². The van der Waals surface area contributed by atoms with Gasteiger partial charge in [0.05, 0.1) is 6.04 Å². The molecule has 5 heteroatoms. The Labute approximate surface area is 121 Å². The van der Waals surface area contributed by atoms with Crippen LogP contribution in [0.25, 0.3) is 0 Å². The molecule has 114 valence electrons. The SMILES string of the molecule is CN1CCCC2CN(CC(NC3CC3)C(N)=O)CCC21. The van der Waals surface area contributed by atoms with Crippen molar-refractivity contribution < 1.29 is 4.79 Å². The Morgan fingerprint density at radius 2 is 2.10 bits per heavy atom. The fourth-order valence-corrected chi connectivity index (χ4v) is 3.91. The molecule has 1 amide bonds. The number of hydrogen-bond donors (Lipinski definition) is 2. The molecule has 0 radical (unpaired) electrons. The first-order valence-corrected chi connectivity index (χ1v) is 8.11. The van der Waals surface area contributed by atoms with Crippen LogP contribution in [0, 0.1) is 5.92 Å². The second-order valence-corrected chi connectivity index (χ2v) is 6.89. The van der Waals surface area contributed by atoms with Crippen molar-refractivity contribution in [3.05, 3.63) is 0 Å². The number of fused-ring (bicyclic) bond motifs is 1. The number of nitrogens with zero attached hydrogens (tertiary/aromatic N) is 2. The van der Waals surface area contributed by atoms with E-state index in [0.717, 1.165) is 31.6 Å². The Morgan fingerprint density at radius 1 is 1.30 bits per heavy atom. The van der Waals surface area contributed by atoms with E-state index in [9.17, 15) is 4.79 Å². The van der Waals surface area contributed by atoms with Crippen molar-refractivity contribution in [1.29, 1.82) is 0 Å². The first kappa shape index (κ1) is 14.3. The van der Waals surface area contributed by atoms with Crippen molar-refractivity contribution in [3.63, 3.8) is 0 Å². The highest BCUT2D eigenvalue weighted by molar-refractivity contribution is 5.80. The third-order valence-electron chi connectivity index (χ3n) is 5.23. The predicted octanol–water partition coefficient (Wildman–Crippen LogP) is 0.00840. The number of carbonyl (C=O) groups excluding carboxylic acids is 1. The lowest BCUT2D eigenvalue weighted by atomic mass is 9.84. The Bertz CT molecular complexity index is 358. The summed E-state index contributed by atoms with van der Waals surface area (Å²) >= 11 is 0. The molecule has 3 fully saturated rings. The summed E-state index contributed by atoms with van der Waals surface area (Å²) in [6.07, 6.45) is 6.27. The lowest BCUT2D eigenvalue weighted by Crippen LogP contribution is -2.56. The second-order valence-electron chi connectivity index (χ2n) is 6.89. The molecule has 0 aromatic carbocycles. The molecule has 0 aromatic rings. The minimum Gasteiger partial charge on any atom is -0.368 e. The van der Waals surface area contributed by atoms with Gasteiger partial charge in [-0.2, -0.15) is 0 Å². The smallest absolute Gasteiger partial charge is 0.235 e. The number of carbonyl (C=O) groups is 1. The van der Waals surface area contributed by atoms with Crippen molar-refractivity contribution in [3.8, 4) is 0 Å². The van der Waals surface area contributed by atoms with Gasteiger partial charge in [-0.3, -0.25) is 4.79 Å². The molecule has 2 heterocycles. The van der Waals surface area contributed by atoms with E-state index in [-0.39, 0.29) is 11.9 Å². The van der Waals surface area contributed by atoms with E-state index in [1.807, 2.05) is 0 Å². The minimum absolute atomic E-state index is 0.166. The van der Waals surface area contributed by atoms with Gasteiger partial charge in [0.15, 0.2) is 0 Å². The molecule has 3 aliphatic rings. The second kappa shape index (κ2) is 6.00. The van der Waals surface area contributed by atoms with Crippen LogP contribution >= 0.6 is 0 Å². The summed E-state index contributed by atoms with van der Waals surface area (Å²) < 4.78 is 0. The maximum Gasteiger partial charge on any atom is 0.235 e. The van der Waals surface area contributed by atoms with Gasteiger partial charge in [0.25, 0.3) is 0 Å². The summed E-state index contributed by atoms with van der Waals surface area (Å²) in [7, 11) is 2.26. The van der Waals surface area contributed by atoms with Gasteiger partial charge >= 0.3 is 0 Å². The van der Waals surface area contributed by atoms with Gasteiger partial charge in [-0.15, -0.1) is 0 Å². The third kappa shape index (κ3) is 3.32. The maximum atomic E-state index is 11.6. The lowest BCUT2D eigenvalue weighted by Gasteiger charge is -2.46. The Balaban J connectivity index is 1.53. The number of primary amides is 1. The molecule has 2 saturated heterocycles. The first-order chi connectivity index (χ1) is 9.63. The first-order valence-electron chi connectivity index (χ1n) is 8.11. The molecule has 1 saturated carbocycles. The van der Waals surface area contributed by atoms with Crippen LogP contribution in [0.3, 0.4) is 0 Å². The fraction of sp³-hybridized carbons (Fsp3) is 0.933. The van der Waals surface area contributed by atoms with Gasteiger partial charge in [-0.1, -0.05) is 0 Å². The molecule has 0 spiro atoms. The zero-order valence-electron chi connectivity index (χ0n) is 12.6. The number of nitrogens with two attached hydrogens (primary N) is 1. The number of nitrogens with one attached hydrogen (secondary N) is 1. The standard InChI is InChI=1S/C15H28N4O/c1-18-7-2-3-11-9-19(8-6-14(11)18)10-13(15(16)20)17-12-4-5-12/h11-14,17H,2-10H2,1H3,(H2,16,20). The quantitative estimate of drug-likeness (QED) is 0.745. The molecular weight excluding hydrogens is 252 g/mol. The third-order valence-corrected chi connectivity index (χ3v) is 5.23. The minimum atomic E-state index is -0.195. The van der Waals surface area contributed by atoms with E-state index >= 15 is 0 Å². The molecule has 3 N–H and O–H groups in total. The summed E-state index contributed by atoms with van der Waals surface area (Å²) in [6, 6.07) is 1.12. The van der Waals surface area contributed by atoms with Crippen LogP contribution in [0.5, 0.6) is 0 Å². The highest BCUT2D eigenvalue weighted by atomic mass is 16.1. The largest absolute Gasteiger partial charge is 0.368 e. The Hall–Kier alpha value is -0.650. The van der Waals surface area contributed by atoms with Crippen molar-refractivity contribution in [2.45, 2.75) is 50.2 Å². The van der Waals surface area contributed by atoms with Crippen LogP contribution in [-0.2, 0) is 4.79 Å². The summed E-state index contributed by atoms with van der Waals surface area (Å²) in [6.45, 7) is 4.26. The van der Waals surface area contributed by atoms with E-state index in [4.69, 9.17) is 5.73 Å². The Morgan fingerprint density at radius 3 is 2.80 bits per heavy atom. The molecule has 0 bridgehead atoms. The zero-order chi connectivity index (χ0) is 14.1. The number of likely N-dealkylation sites (tertiary alicyclic amines) is 2. The number of hydrogen-bond acceptors (Lipinski definition) is 4. The van der Waals surface area contributed by atoms with Gasteiger partial charge in [-0.25, -0.2) is 0 Å². The molecule has 3 rings (SSSR count). The topological polar surface area (TPSA) is 61.6 Å². The predicted molar refractivity (Wildman–Crippen MR) is 79.3 cm³/mol. The average Bonchev–Trinajstić information content (AvgIpc) is 3.22. The van der Waals surface area contributed by atoms with Gasteiger partial charge in [0, 0.05) is 25.2 Å². The summed E-state index contributed by atoms with van der Waals surface area (Å²) in [5, 5.41) is 3.39. The van der Waals surface area contributed by atoms with Gasteiger partial charge in [-0.05, 0) is 58.2 Å². The monoisotopic (exact) mass is 280 g/mol. The van der Waals surface area contributed by atoms with Crippen LogP contribution in [0.1, 0.15) is 32.1 Å². The summed E-state index contributed by atoms with van der Waals surface area (Å²) in [5.74, 6) is 0.580. The van der Waals surface area contributed by atoms with Crippen molar-refractivity contribution >= 4 is 5.91 Å². The summed E-state index contributed by atoms with van der Waals surface area (Å²) in [4.78, 5) is 16.6. The number of piperidine rings is 2. The molecule has 2 aliphatic heterocycles. The van der Waals surface area contributed by atoms with E-state index in [0.29, 0.717) is 6.04 Å². The van der Waals surface area contributed by atoms with Crippen LogP contribution in [0.15, 0.2) is 0 Å². The highest BCUT2D eigenvalue weighted by Crippen LogP contribution is 2.29. The van der Waals surface area contributed by atoms with Crippen LogP contribution in [0.2, 0.25) is 0 Å². The fourth-order valence-electron chi connectivity index (χ4n) is 3.91. The zero-order valence-corrected chi connectivity index (χ0v) is 12.6. The molecular formula is C15H28N4O. The highest BCUT2D eigenvalue weighted by Gasteiger charge is 2.36. The molecule has 5 nitrogen and oxygen atoms in total. The normalized spacial score (nSPS) is 33.6. The van der Waals surface area contributed by atoms with Gasteiger partial charge in [0.1, 0.15) is 0 Å².